The largest absolute Gasteiger partial charge is 0.497 e. The van der Waals surface area contributed by atoms with Crippen molar-refractivity contribution in [2.45, 2.75) is 38.0 Å². The molecule has 2 rings (SSSR count). The van der Waals surface area contributed by atoms with Crippen LogP contribution in [0.15, 0.2) is 18.2 Å². The third kappa shape index (κ3) is 3.03. The van der Waals surface area contributed by atoms with Crippen molar-refractivity contribution in [2.75, 3.05) is 14.2 Å². The van der Waals surface area contributed by atoms with Gasteiger partial charge in [0.1, 0.15) is 17.3 Å². The molecule has 1 atom stereocenters. The van der Waals surface area contributed by atoms with Gasteiger partial charge in [0.05, 0.1) is 14.2 Å². The summed E-state index contributed by atoms with van der Waals surface area (Å²) in [6, 6.07) is 5.90. The summed E-state index contributed by atoms with van der Waals surface area (Å²) in [5.41, 5.74) is 1.15. The van der Waals surface area contributed by atoms with E-state index in [0.29, 0.717) is 18.1 Å². The van der Waals surface area contributed by atoms with Crippen LogP contribution in [0.5, 0.6) is 11.5 Å². The molecule has 3 nitrogen and oxygen atoms in total. The topological polar surface area (TPSA) is 35.5 Å². The molecule has 0 radical (unpaired) electrons. The van der Waals surface area contributed by atoms with Gasteiger partial charge in [0.15, 0.2) is 0 Å². The van der Waals surface area contributed by atoms with Gasteiger partial charge in [-0.05, 0) is 36.5 Å². The first kappa shape index (κ1) is 12.9. The van der Waals surface area contributed by atoms with Crippen molar-refractivity contribution in [1.82, 2.24) is 0 Å². The quantitative estimate of drug-likeness (QED) is 0.770. The summed E-state index contributed by atoms with van der Waals surface area (Å²) in [6.07, 6.45) is 4.60. The Morgan fingerprint density at radius 2 is 1.72 bits per heavy atom. The Hall–Kier alpha value is -1.51. The zero-order valence-electron chi connectivity index (χ0n) is 11.1. The fourth-order valence-electron chi connectivity index (χ4n) is 2.54. The van der Waals surface area contributed by atoms with Crippen LogP contribution in [0.25, 0.3) is 0 Å². The maximum Gasteiger partial charge on any atom is 0.133 e. The van der Waals surface area contributed by atoms with Gasteiger partial charge in [-0.3, -0.25) is 4.79 Å². The van der Waals surface area contributed by atoms with Crippen LogP contribution in [0, 0.1) is 0 Å². The van der Waals surface area contributed by atoms with Crippen LogP contribution in [0.4, 0.5) is 0 Å². The molecule has 0 bridgehead atoms. The predicted molar refractivity (Wildman–Crippen MR) is 70.4 cm³/mol. The van der Waals surface area contributed by atoms with Crippen LogP contribution < -0.4 is 9.47 Å². The molecule has 98 valence electrons. The van der Waals surface area contributed by atoms with Crippen LogP contribution in [-0.2, 0) is 4.79 Å². The lowest BCUT2D eigenvalue weighted by Gasteiger charge is -2.16. The van der Waals surface area contributed by atoms with Crippen molar-refractivity contribution in [3.8, 4) is 11.5 Å². The molecule has 1 fully saturated rings. The standard InChI is InChI=1S/C15H20O3/c1-17-14-8-12(9-15(10-14)18-2)11-5-3-4-6-13(16)7-11/h8-11H,3-7H2,1-2H3/t11-/m0/s1. The summed E-state index contributed by atoms with van der Waals surface area (Å²) < 4.78 is 10.6. The number of carbonyl (C=O) groups excluding carboxylic acids is 1. The van der Waals surface area contributed by atoms with Crippen LogP contribution in [0.3, 0.4) is 0 Å². The van der Waals surface area contributed by atoms with E-state index < -0.39 is 0 Å². The lowest BCUT2D eigenvalue weighted by atomic mass is 9.91. The highest BCUT2D eigenvalue weighted by atomic mass is 16.5. The van der Waals surface area contributed by atoms with Crippen molar-refractivity contribution >= 4 is 5.78 Å². The predicted octanol–water partition coefficient (Wildman–Crippen LogP) is 3.32. The van der Waals surface area contributed by atoms with E-state index in [4.69, 9.17) is 9.47 Å². The van der Waals surface area contributed by atoms with Crippen molar-refractivity contribution in [3.05, 3.63) is 23.8 Å². The number of benzene rings is 1. The lowest BCUT2D eigenvalue weighted by Crippen LogP contribution is -2.04. The number of rotatable bonds is 3. The van der Waals surface area contributed by atoms with E-state index in [1.54, 1.807) is 14.2 Å². The van der Waals surface area contributed by atoms with Crippen LogP contribution >= 0.6 is 0 Å². The average molecular weight is 248 g/mol. The van der Waals surface area contributed by atoms with Gasteiger partial charge in [-0.1, -0.05) is 6.42 Å². The normalized spacial score (nSPS) is 20.3. The van der Waals surface area contributed by atoms with Gasteiger partial charge < -0.3 is 9.47 Å². The Morgan fingerprint density at radius 1 is 1.06 bits per heavy atom. The number of ketones is 1. The third-order valence-corrected chi connectivity index (χ3v) is 3.58. The Morgan fingerprint density at radius 3 is 2.33 bits per heavy atom. The molecule has 18 heavy (non-hydrogen) atoms. The molecule has 0 N–H and O–H groups in total. The fourth-order valence-corrected chi connectivity index (χ4v) is 2.54. The monoisotopic (exact) mass is 248 g/mol. The summed E-state index contributed by atoms with van der Waals surface area (Å²) in [7, 11) is 3.30. The summed E-state index contributed by atoms with van der Waals surface area (Å²) in [5, 5.41) is 0. The fraction of sp³-hybridized carbons (Fsp3) is 0.533. The van der Waals surface area contributed by atoms with Crippen LogP contribution in [0.1, 0.15) is 43.6 Å². The van der Waals surface area contributed by atoms with Gasteiger partial charge in [-0.15, -0.1) is 0 Å². The van der Waals surface area contributed by atoms with E-state index in [9.17, 15) is 4.79 Å². The molecular weight excluding hydrogens is 228 g/mol. The summed E-state index contributed by atoms with van der Waals surface area (Å²) in [4.78, 5) is 11.7. The van der Waals surface area contributed by atoms with E-state index in [2.05, 4.69) is 0 Å². The highest BCUT2D eigenvalue weighted by molar-refractivity contribution is 5.79. The van der Waals surface area contributed by atoms with E-state index in [1.165, 1.54) is 0 Å². The molecule has 0 heterocycles. The minimum absolute atomic E-state index is 0.309. The van der Waals surface area contributed by atoms with Gasteiger partial charge in [0.2, 0.25) is 0 Å². The minimum atomic E-state index is 0.309. The summed E-state index contributed by atoms with van der Waals surface area (Å²) in [5.74, 6) is 2.27. The number of methoxy groups -OCH3 is 2. The second kappa shape index (κ2) is 5.89. The number of ether oxygens (including phenoxy) is 2. The molecule has 1 saturated carbocycles. The third-order valence-electron chi connectivity index (χ3n) is 3.58. The van der Waals surface area contributed by atoms with Crippen molar-refractivity contribution < 1.29 is 14.3 Å². The Bertz CT molecular complexity index is 403. The van der Waals surface area contributed by atoms with Crippen molar-refractivity contribution in [3.63, 3.8) is 0 Å². The minimum Gasteiger partial charge on any atom is -0.497 e. The zero-order valence-corrected chi connectivity index (χ0v) is 11.1. The number of hydrogen-bond donors (Lipinski definition) is 0. The van der Waals surface area contributed by atoms with E-state index in [0.717, 1.165) is 42.7 Å². The van der Waals surface area contributed by atoms with Crippen molar-refractivity contribution in [1.29, 1.82) is 0 Å². The van der Waals surface area contributed by atoms with Gasteiger partial charge in [0.25, 0.3) is 0 Å². The molecule has 1 aromatic carbocycles. The first-order chi connectivity index (χ1) is 8.72. The smallest absolute Gasteiger partial charge is 0.133 e. The molecule has 1 aliphatic rings. The highest BCUT2D eigenvalue weighted by Crippen LogP contribution is 2.34. The summed E-state index contributed by atoms with van der Waals surface area (Å²) in [6.45, 7) is 0. The van der Waals surface area contributed by atoms with Crippen LogP contribution in [0.2, 0.25) is 0 Å². The summed E-state index contributed by atoms with van der Waals surface area (Å²) >= 11 is 0. The van der Waals surface area contributed by atoms with E-state index in [1.807, 2.05) is 18.2 Å². The zero-order chi connectivity index (χ0) is 13.0. The SMILES string of the molecule is COc1cc(OC)cc([C@H]2CCCCC(=O)C2)c1. The maximum absolute atomic E-state index is 11.7. The van der Waals surface area contributed by atoms with Gasteiger partial charge in [-0.2, -0.15) is 0 Å². The number of hydrogen-bond acceptors (Lipinski definition) is 3. The second-order valence-corrected chi connectivity index (χ2v) is 4.83. The highest BCUT2D eigenvalue weighted by Gasteiger charge is 2.20. The van der Waals surface area contributed by atoms with Crippen molar-refractivity contribution in [2.24, 2.45) is 0 Å². The molecule has 0 unspecified atom stereocenters. The Balaban J connectivity index is 2.27. The second-order valence-electron chi connectivity index (χ2n) is 4.83. The average Bonchev–Trinajstić information content (AvgIpc) is 2.62. The van der Waals surface area contributed by atoms with Crippen LogP contribution in [-0.4, -0.2) is 20.0 Å². The molecule has 0 amide bonds. The molecule has 0 aromatic heterocycles. The lowest BCUT2D eigenvalue weighted by molar-refractivity contribution is -0.119. The molecule has 3 heteroatoms. The molecular formula is C15H20O3. The Labute approximate surface area is 108 Å². The maximum atomic E-state index is 11.7. The molecule has 0 saturated heterocycles. The number of Topliss-reactive ketones (excluding diaryl/α,β-unsaturated/α-hetero) is 1. The number of carbonyl (C=O) groups is 1. The molecule has 1 aliphatic carbocycles. The Kier molecular flexibility index (Phi) is 4.24. The molecule has 0 spiro atoms. The van der Waals surface area contributed by atoms with Gasteiger partial charge in [0, 0.05) is 18.9 Å². The van der Waals surface area contributed by atoms with E-state index >= 15 is 0 Å². The van der Waals surface area contributed by atoms with Gasteiger partial charge >= 0.3 is 0 Å². The molecule has 0 aliphatic heterocycles. The first-order valence-corrected chi connectivity index (χ1v) is 6.47. The molecule has 1 aromatic rings. The van der Waals surface area contributed by atoms with Gasteiger partial charge in [-0.25, -0.2) is 0 Å². The van der Waals surface area contributed by atoms with E-state index in [-0.39, 0.29) is 0 Å². The first-order valence-electron chi connectivity index (χ1n) is 6.47.